The molecule has 30 heavy (non-hydrogen) atoms. The Hall–Kier alpha value is -2.74. The SMILES string of the molecule is CCOc1ccc(CN(C)C(=O)CN2CCCc3c(NS(C)(=O)=O)cccc32)cc1. The number of nitrogens with one attached hydrogen (secondary N) is 1. The lowest BCUT2D eigenvalue weighted by atomic mass is 10.00. The van der Waals surface area contributed by atoms with E-state index in [9.17, 15) is 13.2 Å². The molecule has 8 heteroatoms. The number of anilines is 2. The van der Waals surface area contributed by atoms with Crippen molar-refractivity contribution < 1.29 is 17.9 Å². The Kier molecular flexibility index (Phi) is 6.87. The number of hydrogen-bond acceptors (Lipinski definition) is 5. The molecule has 0 atom stereocenters. The van der Waals surface area contributed by atoms with Gasteiger partial charge < -0.3 is 14.5 Å². The molecule has 0 unspecified atom stereocenters. The molecule has 2 aromatic carbocycles. The van der Waals surface area contributed by atoms with E-state index in [4.69, 9.17) is 4.74 Å². The second-order valence-corrected chi connectivity index (χ2v) is 9.28. The summed E-state index contributed by atoms with van der Waals surface area (Å²) in [5.41, 5.74) is 3.48. The molecule has 0 saturated carbocycles. The summed E-state index contributed by atoms with van der Waals surface area (Å²) in [6.07, 6.45) is 2.79. The van der Waals surface area contributed by atoms with Crippen molar-refractivity contribution in [2.45, 2.75) is 26.3 Å². The van der Waals surface area contributed by atoms with Crippen LogP contribution in [0.2, 0.25) is 0 Å². The molecule has 1 amide bonds. The number of sulfonamides is 1. The summed E-state index contributed by atoms with van der Waals surface area (Å²) in [5.74, 6) is 0.830. The van der Waals surface area contributed by atoms with E-state index in [0.29, 0.717) is 18.8 Å². The van der Waals surface area contributed by atoms with Crippen LogP contribution < -0.4 is 14.4 Å². The van der Waals surface area contributed by atoms with Gasteiger partial charge in [0.05, 0.1) is 25.1 Å². The number of amides is 1. The fourth-order valence-corrected chi connectivity index (χ4v) is 4.25. The number of fused-ring (bicyclic) bond motifs is 1. The molecule has 0 spiro atoms. The first-order valence-corrected chi connectivity index (χ1v) is 12.0. The van der Waals surface area contributed by atoms with Gasteiger partial charge in [-0.15, -0.1) is 0 Å². The van der Waals surface area contributed by atoms with Crippen LogP contribution in [0.25, 0.3) is 0 Å². The van der Waals surface area contributed by atoms with Gasteiger partial charge in [-0.1, -0.05) is 18.2 Å². The molecule has 1 N–H and O–H groups in total. The normalized spacial score (nSPS) is 13.5. The highest BCUT2D eigenvalue weighted by atomic mass is 32.2. The van der Waals surface area contributed by atoms with Gasteiger partial charge in [0, 0.05) is 25.8 Å². The third kappa shape index (κ3) is 5.66. The highest BCUT2D eigenvalue weighted by Crippen LogP contribution is 2.33. The van der Waals surface area contributed by atoms with Crippen molar-refractivity contribution >= 4 is 27.3 Å². The fourth-order valence-electron chi connectivity index (χ4n) is 3.66. The summed E-state index contributed by atoms with van der Waals surface area (Å²) >= 11 is 0. The second-order valence-electron chi connectivity index (χ2n) is 7.53. The summed E-state index contributed by atoms with van der Waals surface area (Å²) in [6.45, 7) is 4.10. The van der Waals surface area contributed by atoms with Crippen molar-refractivity contribution in [3.8, 4) is 5.75 Å². The minimum Gasteiger partial charge on any atom is -0.494 e. The Morgan fingerprint density at radius 1 is 1.20 bits per heavy atom. The zero-order chi connectivity index (χ0) is 21.7. The van der Waals surface area contributed by atoms with Crippen molar-refractivity contribution in [3.05, 3.63) is 53.6 Å². The maximum atomic E-state index is 12.9. The van der Waals surface area contributed by atoms with Crippen LogP contribution in [0.5, 0.6) is 5.75 Å². The second kappa shape index (κ2) is 9.38. The van der Waals surface area contributed by atoms with Crippen LogP contribution in [-0.4, -0.2) is 52.2 Å². The standard InChI is InChI=1S/C22H29N3O4S/c1-4-29-18-12-10-17(11-13-18)15-24(2)22(26)16-25-14-6-7-19-20(23-30(3,27)28)8-5-9-21(19)25/h5,8-13,23H,4,6-7,14-16H2,1-3H3. The van der Waals surface area contributed by atoms with Crippen molar-refractivity contribution in [3.63, 3.8) is 0 Å². The van der Waals surface area contributed by atoms with Crippen LogP contribution in [0.4, 0.5) is 11.4 Å². The van der Waals surface area contributed by atoms with Crippen molar-refractivity contribution in [1.29, 1.82) is 0 Å². The van der Waals surface area contributed by atoms with E-state index in [1.807, 2.05) is 48.2 Å². The van der Waals surface area contributed by atoms with Gasteiger partial charge >= 0.3 is 0 Å². The van der Waals surface area contributed by atoms with Gasteiger partial charge in [0.15, 0.2) is 0 Å². The lowest BCUT2D eigenvalue weighted by Gasteiger charge is -2.33. The maximum absolute atomic E-state index is 12.9. The first-order valence-electron chi connectivity index (χ1n) is 10.1. The third-order valence-electron chi connectivity index (χ3n) is 5.05. The lowest BCUT2D eigenvalue weighted by Crippen LogP contribution is -2.40. The van der Waals surface area contributed by atoms with Gasteiger partial charge in [-0.3, -0.25) is 9.52 Å². The van der Waals surface area contributed by atoms with Crippen molar-refractivity contribution in [1.82, 2.24) is 4.90 Å². The molecule has 162 valence electrons. The first kappa shape index (κ1) is 22.0. The molecule has 1 aliphatic rings. The quantitative estimate of drug-likeness (QED) is 0.695. The largest absolute Gasteiger partial charge is 0.494 e. The Labute approximate surface area is 178 Å². The summed E-state index contributed by atoms with van der Waals surface area (Å²) < 4.78 is 31.4. The third-order valence-corrected chi connectivity index (χ3v) is 5.64. The zero-order valence-electron chi connectivity index (χ0n) is 17.7. The molecular formula is C22H29N3O4S. The lowest BCUT2D eigenvalue weighted by molar-refractivity contribution is -0.129. The van der Waals surface area contributed by atoms with Gasteiger partial charge in [0.1, 0.15) is 5.75 Å². The van der Waals surface area contributed by atoms with Crippen LogP contribution >= 0.6 is 0 Å². The molecule has 3 rings (SSSR count). The van der Waals surface area contributed by atoms with Crippen LogP contribution in [0.15, 0.2) is 42.5 Å². The summed E-state index contributed by atoms with van der Waals surface area (Å²) in [4.78, 5) is 16.6. The number of carbonyl (C=O) groups is 1. The molecule has 0 saturated heterocycles. The van der Waals surface area contributed by atoms with Crippen molar-refractivity contribution in [2.24, 2.45) is 0 Å². The van der Waals surface area contributed by atoms with E-state index in [1.54, 1.807) is 18.0 Å². The Morgan fingerprint density at radius 3 is 2.60 bits per heavy atom. The summed E-state index contributed by atoms with van der Waals surface area (Å²) in [5, 5.41) is 0. The maximum Gasteiger partial charge on any atom is 0.242 e. The number of benzene rings is 2. The number of likely N-dealkylation sites (N-methyl/N-ethyl adjacent to an activating group) is 1. The van der Waals surface area contributed by atoms with Crippen LogP contribution in [-0.2, 0) is 27.8 Å². The molecule has 0 bridgehead atoms. The van der Waals surface area contributed by atoms with Gasteiger partial charge in [0.2, 0.25) is 15.9 Å². The average molecular weight is 432 g/mol. The van der Waals surface area contributed by atoms with Crippen LogP contribution in [0, 0.1) is 0 Å². The van der Waals surface area contributed by atoms with Gasteiger partial charge in [0.25, 0.3) is 0 Å². The number of carbonyl (C=O) groups excluding carboxylic acids is 1. The van der Waals surface area contributed by atoms with E-state index in [1.165, 1.54) is 0 Å². The first-order chi connectivity index (χ1) is 14.3. The fraction of sp³-hybridized carbons (Fsp3) is 0.409. The van der Waals surface area contributed by atoms with Gasteiger partial charge in [-0.25, -0.2) is 8.42 Å². The molecule has 0 aromatic heterocycles. The summed E-state index contributed by atoms with van der Waals surface area (Å²) in [6, 6.07) is 13.3. The smallest absolute Gasteiger partial charge is 0.242 e. The zero-order valence-corrected chi connectivity index (χ0v) is 18.5. The monoisotopic (exact) mass is 431 g/mol. The molecule has 1 aliphatic heterocycles. The summed E-state index contributed by atoms with van der Waals surface area (Å²) in [7, 11) is -1.56. The van der Waals surface area contributed by atoms with E-state index >= 15 is 0 Å². The molecular weight excluding hydrogens is 402 g/mol. The van der Waals surface area contributed by atoms with Gasteiger partial charge in [-0.2, -0.15) is 0 Å². The molecule has 0 fully saturated rings. The number of ether oxygens (including phenoxy) is 1. The predicted molar refractivity (Wildman–Crippen MR) is 120 cm³/mol. The number of nitrogens with zero attached hydrogens (tertiary/aromatic N) is 2. The van der Waals surface area contributed by atoms with E-state index in [2.05, 4.69) is 4.72 Å². The number of rotatable bonds is 8. The minimum absolute atomic E-state index is 0.0122. The van der Waals surface area contributed by atoms with Crippen molar-refractivity contribution in [2.75, 3.05) is 42.6 Å². The van der Waals surface area contributed by atoms with E-state index in [0.717, 1.165) is 48.2 Å². The topological polar surface area (TPSA) is 79.0 Å². The highest BCUT2D eigenvalue weighted by molar-refractivity contribution is 7.92. The minimum atomic E-state index is -3.36. The Bertz CT molecular complexity index is 990. The Balaban J connectivity index is 1.68. The molecule has 0 aliphatic carbocycles. The van der Waals surface area contributed by atoms with Gasteiger partial charge in [-0.05, 0) is 55.2 Å². The average Bonchev–Trinajstić information content (AvgIpc) is 2.69. The van der Waals surface area contributed by atoms with Crippen LogP contribution in [0.1, 0.15) is 24.5 Å². The molecule has 2 aromatic rings. The highest BCUT2D eigenvalue weighted by Gasteiger charge is 2.23. The number of hydrogen-bond donors (Lipinski definition) is 1. The predicted octanol–water partition coefficient (Wildman–Crippen LogP) is 2.87. The molecule has 1 heterocycles. The van der Waals surface area contributed by atoms with Crippen LogP contribution in [0.3, 0.4) is 0 Å². The van der Waals surface area contributed by atoms with E-state index in [-0.39, 0.29) is 12.5 Å². The Morgan fingerprint density at radius 2 is 1.93 bits per heavy atom. The van der Waals surface area contributed by atoms with E-state index < -0.39 is 10.0 Å². The molecule has 7 nitrogen and oxygen atoms in total. The molecule has 0 radical (unpaired) electrons.